The van der Waals surface area contributed by atoms with Crippen molar-refractivity contribution in [3.05, 3.63) is 35.4 Å². The zero-order chi connectivity index (χ0) is 13.7. The highest BCUT2D eigenvalue weighted by Gasteiger charge is 2.18. The molecule has 19 heavy (non-hydrogen) atoms. The van der Waals surface area contributed by atoms with Crippen LogP contribution in [0.2, 0.25) is 0 Å². The number of amides is 1. The second-order valence-corrected chi connectivity index (χ2v) is 5.34. The van der Waals surface area contributed by atoms with Gasteiger partial charge in [-0.25, -0.2) is 0 Å². The summed E-state index contributed by atoms with van der Waals surface area (Å²) in [5.41, 5.74) is 7.69. The Labute approximate surface area is 115 Å². The molecule has 0 bridgehead atoms. The van der Waals surface area contributed by atoms with Gasteiger partial charge in [0.2, 0.25) is 5.91 Å². The zero-order valence-corrected chi connectivity index (χ0v) is 11.6. The van der Waals surface area contributed by atoms with Crippen molar-refractivity contribution >= 4 is 5.91 Å². The highest BCUT2D eigenvalue weighted by molar-refractivity contribution is 5.78. The number of benzene rings is 1. The van der Waals surface area contributed by atoms with Gasteiger partial charge in [-0.05, 0) is 44.1 Å². The number of piperidine rings is 1. The molecule has 4 heteroatoms. The minimum atomic E-state index is 0.120. The maximum Gasteiger partial charge on any atom is 0.224 e. The van der Waals surface area contributed by atoms with Gasteiger partial charge in [-0.1, -0.05) is 24.3 Å². The predicted molar refractivity (Wildman–Crippen MR) is 76.7 cm³/mol. The maximum absolute atomic E-state index is 12.0. The Morgan fingerprint density at radius 1 is 1.26 bits per heavy atom. The van der Waals surface area contributed by atoms with Crippen molar-refractivity contribution in [2.24, 2.45) is 5.73 Å². The van der Waals surface area contributed by atoms with Crippen molar-refractivity contribution in [2.45, 2.75) is 31.8 Å². The first kappa shape index (κ1) is 14.0. The van der Waals surface area contributed by atoms with Crippen LogP contribution >= 0.6 is 0 Å². The third-order valence-corrected chi connectivity index (χ3v) is 3.71. The van der Waals surface area contributed by atoms with E-state index in [1.165, 1.54) is 0 Å². The van der Waals surface area contributed by atoms with Crippen LogP contribution in [0.4, 0.5) is 0 Å². The Morgan fingerprint density at radius 3 is 2.42 bits per heavy atom. The number of hydrogen-bond donors (Lipinski definition) is 2. The van der Waals surface area contributed by atoms with E-state index in [0.717, 1.165) is 37.1 Å². The molecule has 1 aliphatic rings. The summed E-state index contributed by atoms with van der Waals surface area (Å²) in [6, 6.07) is 8.27. The van der Waals surface area contributed by atoms with Crippen LogP contribution in [-0.2, 0) is 17.8 Å². The first-order valence-corrected chi connectivity index (χ1v) is 6.93. The van der Waals surface area contributed by atoms with E-state index in [2.05, 4.69) is 17.3 Å². The summed E-state index contributed by atoms with van der Waals surface area (Å²) in [6.45, 7) is 2.67. The van der Waals surface area contributed by atoms with Crippen molar-refractivity contribution < 1.29 is 4.79 Å². The topological polar surface area (TPSA) is 58.4 Å². The molecule has 104 valence electrons. The molecule has 1 aliphatic heterocycles. The number of likely N-dealkylation sites (tertiary alicyclic amines) is 1. The molecule has 0 aliphatic carbocycles. The van der Waals surface area contributed by atoms with Crippen molar-refractivity contribution in [1.29, 1.82) is 0 Å². The molecule has 0 radical (unpaired) electrons. The second-order valence-electron chi connectivity index (χ2n) is 5.34. The summed E-state index contributed by atoms with van der Waals surface area (Å²) in [5.74, 6) is 0.120. The Balaban J connectivity index is 1.80. The van der Waals surface area contributed by atoms with Gasteiger partial charge in [0.15, 0.2) is 0 Å². The Kier molecular flexibility index (Phi) is 4.93. The van der Waals surface area contributed by atoms with E-state index in [1.807, 2.05) is 24.3 Å². The molecule has 1 heterocycles. The van der Waals surface area contributed by atoms with E-state index in [1.54, 1.807) is 0 Å². The highest BCUT2D eigenvalue weighted by atomic mass is 16.1. The first-order chi connectivity index (χ1) is 9.17. The first-order valence-electron chi connectivity index (χ1n) is 6.93. The van der Waals surface area contributed by atoms with Crippen LogP contribution in [0.15, 0.2) is 24.3 Å². The molecule has 0 atom stereocenters. The summed E-state index contributed by atoms with van der Waals surface area (Å²) >= 11 is 0. The lowest BCUT2D eigenvalue weighted by atomic mass is 10.0. The number of carbonyl (C=O) groups is 1. The molecule has 0 aromatic heterocycles. The fourth-order valence-electron chi connectivity index (χ4n) is 2.41. The minimum absolute atomic E-state index is 0.120. The molecule has 2 rings (SSSR count). The van der Waals surface area contributed by atoms with Gasteiger partial charge < -0.3 is 16.0 Å². The van der Waals surface area contributed by atoms with Crippen LogP contribution in [0.25, 0.3) is 0 Å². The molecular formula is C15H23N3O. The molecule has 1 amide bonds. The average Bonchev–Trinajstić information content (AvgIpc) is 2.42. The third-order valence-electron chi connectivity index (χ3n) is 3.71. The fraction of sp³-hybridized carbons (Fsp3) is 0.533. The largest absolute Gasteiger partial charge is 0.353 e. The molecule has 0 unspecified atom stereocenters. The lowest BCUT2D eigenvalue weighted by Crippen LogP contribution is -2.43. The number of nitrogens with zero attached hydrogens (tertiary/aromatic N) is 1. The van der Waals surface area contributed by atoms with Crippen molar-refractivity contribution in [3.8, 4) is 0 Å². The molecule has 0 saturated carbocycles. The van der Waals surface area contributed by atoms with Gasteiger partial charge in [0, 0.05) is 12.6 Å². The van der Waals surface area contributed by atoms with E-state index in [9.17, 15) is 4.79 Å². The van der Waals surface area contributed by atoms with Crippen LogP contribution in [-0.4, -0.2) is 37.0 Å². The van der Waals surface area contributed by atoms with Gasteiger partial charge in [-0.3, -0.25) is 4.79 Å². The van der Waals surface area contributed by atoms with Crippen LogP contribution < -0.4 is 11.1 Å². The van der Waals surface area contributed by atoms with Gasteiger partial charge >= 0.3 is 0 Å². The van der Waals surface area contributed by atoms with Crippen LogP contribution in [0.3, 0.4) is 0 Å². The van der Waals surface area contributed by atoms with Crippen LogP contribution in [0, 0.1) is 0 Å². The zero-order valence-electron chi connectivity index (χ0n) is 11.6. The summed E-state index contributed by atoms with van der Waals surface area (Å²) in [7, 11) is 2.12. The van der Waals surface area contributed by atoms with E-state index in [0.29, 0.717) is 19.0 Å². The normalized spacial score (nSPS) is 17.4. The van der Waals surface area contributed by atoms with Gasteiger partial charge in [0.1, 0.15) is 0 Å². The van der Waals surface area contributed by atoms with Gasteiger partial charge in [-0.15, -0.1) is 0 Å². The van der Waals surface area contributed by atoms with Crippen LogP contribution in [0.1, 0.15) is 24.0 Å². The van der Waals surface area contributed by atoms with Crippen molar-refractivity contribution in [3.63, 3.8) is 0 Å². The van der Waals surface area contributed by atoms with Gasteiger partial charge in [-0.2, -0.15) is 0 Å². The predicted octanol–water partition coefficient (Wildman–Crippen LogP) is 0.898. The summed E-state index contributed by atoms with van der Waals surface area (Å²) < 4.78 is 0. The Bertz CT molecular complexity index is 408. The van der Waals surface area contributed by atoms with E-state index < -0.39 is 0 Å². The smallest absolute Gasteiger partial charge is 0.224 e. The number of rotatable bonds is 4. The lowest BCUT2D eigenvalue weighted by molar-refractivity contribution is -0.121. The summed E-state index contributed by atoms with van der Waals surface area (Å²) in [4.78, 5) is 14.3. The van der Waals surface area contributed by atoms with Crippen molar-refractivity contribution in [2.75, 3.05) is 20.1 Å². The molecule has 1 saturated heterocycles. The number of carbonyl (C=O) groups excluding carboxylic acids is 1. The SMILES string of the molecule is CN1CCC(NC(=O)Cc2ccc(CN)cc2)CC1. The molecule has 3 N–H and O–H groups in total. The molecule has 4 nitrogen and oxygen atoms in total. The maximum atomic E-state index is 12.0. The third kappa shape index (κ3) is 4.33. The second kappa shape index (κ2) is 6.68. The fourth-order valence-corrected chi connectivity index (χ4v) is 2.41. The van der Waals surface area contributed by atoms with Gasteiger partial charge in [0.25, 0.3) is 0 Å². The molecule has 1 aromatic carbocycles. The standard InChI is InChI=1S/C15H23N3O/c1-18-8-6-14(7-9-18)17-15(19)10-12-2-4-13(11-16)5-3-12/h2-5,14H,6-11,16H2,1H3,(H,17,19). The number of nitrogens with one attached hydrogen (secondary N) is 1. The van der Waals surface area contributed by atoms with E-state index in [-0.39, 0.29) is 5.91 Å². The van der Waals surface area contributed by atoms with Crippen molar-refractivity contribution in [1.82, 2.24) is 10.2 Å². The quantitative estimate of drug-likeness (QED) is 0.846. The molecule has 1 fully saturated rings. The Hall–Kier alpha value is -1.39. The number of hydrogen-bond acceptors (Lipinski definition) is 3. The van der Waals surface area contributed by atoms with Crippen LogP contribution in [0.5, 0.6) is 0 Å². The monoisotopic (exact) mass is 261 g/mol. The van der Waals surface area contributed by atoms with E-state index >= 15 is 0 Å². The van der Waals surface area contributed by atoms with E-state index in [4.69, 9.17) is 5.73 Å². The molecule has 0 spiro atoms. The summed E-state index contributed by atoms with van der Waals surface area (Å²) in [5, 5.41) is 3.13. The number of nitrogens with two attached hydrogens (primary N) is 1. The lowest BCUT2D eigenvalue weighted by Gasteiger charge is -2.29. The minimum Gasteiger partial charge on any atom is -0.353 e. The summed E-state index contributed by atoms with van der Waals surface area (Å²) in [6.07, 6.45) is 2.56. The molecular weight excluding hydrogens is 238 g/mol. The van der Waals surface area contributed by atoms with Gasteiger partial charge in [0.05, 0.1) is 6.42 Å². The molecule has 1 aromatic rings. The average molecular weight is 261 g/mol. The highest BCUT2D eigenvalue weighted by Crippen LogP contribution is 2.09. The Morgan fingerprint density at radius 2 is 1.84 bits per heavy atom.